The molecular formula is C30H25NTe. The van der Waals surface area contributed by atoms with Gasteiger partial charge in [-0.15, -0.1) is 0 Å². The molecule has 0 saturated heterocycles. The third kappa shape index (κ3) is 3.47. The summed E-state index contributed by atoms with van der Waals surface area (Å²) in [7, 11) is 0. The summed E-state index contributed by atoms with van der Waals surface area (Å²) >= 11 is -0.596. The second kappa shape index (κ2) is 7.94. The van der Waals surface area contributed by atoms with Gasteiger partial charge in [-0.3, -0.25) is 0 Å². The first kappa shape index (κ1) is 21.0. The SMILES string of the molecule is [C-]#[N+]c1ccc2c([te]c3c(C(C)(C)C)c(C)ccc32)c1-c1ccc(-c2ccccc2)cc1. The van der Waals surface area contributed by atoms with E-state index in [2.05, 4.69) is 99.3 Å². The molecule has 0 radical (unpaired) electrons. The second-order valence-corrected chi connectivity index (χ2v) is 12.3. The van der Waals surface area contributed by atoms with Crippen molar-refractivity contribution in [2.45, 2.75) is 33.1 Å². The molecular weight excluding hydrogens is 502 g/mol. The molecule has 0 aliphatic carbocycles. The number of rotatable bonds is 2. The molecule has 0 unspecified atom stereocenters. The van der Waals surface area contributed by atoms with Crippen LogP contribution in [0.3, 0.4) is 0 Å². The normalized spacial score (nSPS) is 11.7. The van der Waals surface area contributed by atoms with Gasteiger partial charge in [0.25, 0.3) is 0 Å². The molecule has 5 rings (SSSR count). The molecule has 0 N–H and O–H groups in total. The van der Waals surface area contributed by atoms with Crippen molar-refractivity contribution >= 4 is 43.7 Å². The van der Waals surface area contributed by atoms with E-state index in [1.54, 1.807) is 3.40 Å². The van der Waals surface area contributed by atoms with E-state index in [-0.39, 0.29) is 5.41 Å². The Balaban J connectivity index is 1.77. The first-order valence-electron chi connectivity index (χ1n) is 10.9. The molecule has 0 fully saturated rings. The molecule has 0 aliphatic rings. The molecule has 4 aromatic carbocycles. The van der Waals surface area contributed by atoms with Crippen LogP contribution >= 0.6 is 0 Å². The minimum atomic E-state index is -0.596. The van der Waals surface area contributed by atoms with E-state index < -0.39 is 20.4 Å². The molecule has 5 aromatic rings. The van der Waals surface area contributed by atoms with Gasteiger partial charge in [-0.1, -0.05) is 0 Å². The average molecular weight is 527 g/mol. The Bertz CT molecular complexity index is 1490. The Labute approximate surface area is 199 Å². The van der Waals surface area contributed by atoms with Crippen molar-refractivity contribution in [1.29, 1.82) is 0 Å². The van der Waals surface area contributed by atoms with Crippen molar-refractivity contribution in [1.82, 2.24) is 0 Å². The van der Waals surface area contributed by atoms with Gasteiger partial charge >= 0.3 is 200 Å². The van der Waals surface area contributed by atoms with E-state index in [0.29, 0.717) is 0 Å². The number of fused-ring (bicyclic) bond motifs is 3. The predicted molar refractivity (Wildman–Crippen MR) is 139 cm³/mol. The molecule has 1 aromatic heterocycles. The summed E-state index contributed by atoms with van der Waals surface area (Å²) in [5.41, 5.74) is 8.49. The molecule has 0 bridgehead atoms. The summed E-state index contributed by atoms with van der Waals surface area (Å²) in [6, 6.07) is 28.0. The monoisotopic (exact) mass is 529 g/mol. The van der Waals surface area contributed by atoms with Crippen LogP contribution in [0.4, 0.5) is 5.69 Å². The van der Waals surface area contributed by atoms with Gasteiger partial charge in [0.2, 0.25) is 0 Å². The van der Waals surface area contributed by atoms with Crippen molar-refractivity contribution in [2.75, 3.05) is 0 Å². The molecule has 0 amide bonds. The zero-order valence-electron chi connectivity index (χ0n) is 18.9. The third-order valence-corrected chi connectivity index (χ3v) is 9.73. The van der Waals surface area contributed by atoms with E-state index in [0.717, 1.165) is 16.8 Å². The molecule has 0 atom stereocenters. The molecule has 0 aliphatic heterocycles. The second-order valence-electron chi connectivity index (χ2n) is 9.38. The van der Waals surface area contributed by atoms with Crippen molar-refractivity contribution in [3.63, 3.8) is 0 Å². The quantitative estimate of drug-likeness (QED) is 0.160. The van der Waals surface area contributed by atoms with Crippen molar-refractivity contribution in [3.05, 3.63) is 101 Å². The number of hydrogen-bond acceptors (Lipinski definition) is 0. The topological polar surface area (TPSA) is 4.36 Å². The van der Waals surface area contributed by atoms with Crippen LogP contribution in [0.5, 0.6) is 0 Å². The molecule has 156 valence electrons. The Morgan fingerprint density at radius 3 is 1.94 bits per heavy atom. The molecule has 2 heteroatoms. The van der Waals surface area contributed by atoms with E-state index in [9.17, 15) is 0 Å². The van der Waals surface area contributed by atoms with Crippen LogP contribution < -0.4 is 0 Å². The standard InChI is InChI=1S/C30H25NTe/c1-19-11-16-24-23-17-18-25(31-5)26(28(23)32-29(24)27(19)30(2,3)4)22-14-12-21(13-15-22)20-9-7-6-8-10-20/h6-18H,1-4H3. The van der Waals surface area contributed by atoms with Gasteiger partial charge in [-0.25, -0.2) is 0 Å². The van der Waals surface area contributed by atoms with E-state index >= 15 is 0 Å². The summed E-state index contributed by atoms with van der Waals surface area (Å²) in [5.74, 6) is 0. The van der Waals surface area contributed by atoms with Crippen LogP contribution in [-0.2, 0) is 5.41 Å². The van der Waals surface area contributed by atoms with Crippen LogP contribution in [0.15, 0.2) is 78.9 Å². The van der Waals surface area contributed by atoms with E-state index in [1.165, 1.54) is 36.4 Å². The summed E-state index contributed by atoms with van der Waals surface area (Å²) in [4.78, 5) is 3.93. The van der Waals surface area contributed by atoms with Gasteiger partial charge in [-0.2, -0.15) is 0 Å². The summed E-state index contributed by atoms with van der Waals surface area (Å²) in [5, 5.41) is 2.72. The molecule has 32 heavy (non-hydrogen) atoms. The van der Waals surface area contributed by atoms with Crippen LogP contribution in [0, 0.1) is 13.5 Å². The zero-order chi connectivity index (χ0) is 22.5. The van der Waals surface area contributed by atoms with Gasteiger partial charge in [0.05, 0.1) is 0 Å². The number of benzene rings is 4. The maximum absolute atomic E-state index is 7.85. The van der Waals surface area contributed by atoms with Crippen LogP contribution in [-0.4, -0.2) is 20.4 Å². The van der Waals surface area contributed by atoms with Crippen LogP contribution in [0.1, 0.15) is 31.9 Å². The molecule has 0 spiro atoms. The molecule has 0 saturated carbocycles. The number of hydrogen-bond donors (Lipinski definition) is 0. The van der Waals surface area contributed by atoms with E-state index in [4.69, 9.17) is 6.57 Å². The van der Waals surface area contributed by atoms with Gasteiger partial charge in [0.15, 0.2) is 0 Å². The maximum atomic E-state index is 7.85. The van der Waals surface area contributed by atoms with Gasteiger partial charge in [0.1, 0.15) is 0 Å². The van der Waals surface area contributed by atoms with Crippen molar-refractivity contribution in [3.8, 4) is 22.3 Å². The fourth-order valence-corrected chi connectivity index (χ4v) is 9.53. The number of nitrogens with zero attached hydrogens (tertiary/aromatic N) is 1. The summed E-state index contributed by atoms with van der Waals surface area (Å²) in [6.45, 7) is 17.0. The summed E-state index contributed by atoms with van der Waals surface area (Å²) < 4.78 is 2.98. The van der Waals surface area contributed by atoms with Gasteiger partial charge < -0.3 is 0 Å². The minimum absolute atomic E-state index is 0.113. The first-order valence-corrected chi connectivity index (χ1v) is 13.2. The predicted octanol–water partition coefficient (Wildman–Crippen LogP) is 8.54. The van der Waals surface area contributed by atoms with Gasteiger partial charge in [0, 0.05) is 0 Å². The first-order chi connectivity index (χ1) is 15.4. The van der Waals surface area contributed by atoms with Gasteiger partial charge in [-0.05, 0) is 0 Å². The van der Waals surface area contributed by atoms with Crippen molar-refractivity contribution < 1.29 is 0 Å². The van der Waals surface area contributed by atoms with Crippen molar-refractivity contribution in [2.24, 2.45) is 0 Å². The fourth-order valence-electron chi connectivity index (χ4n) is 4.76. The zero-order valence-corrected chi connectivity index (χ0v) is 21.2. The van der Waals surface area contributed by atoms with E-state index in [1.807, 2.05) is 12.1 Å². The Kier molecular flexibility index (Phi) is 5.22. The van der Waals surface area contributed by atoms with Crippen LogP contribution in [0.25, 0.3) is 44.7 Å². The number of aryl methyl sites for hydroxylation is 1. The Morgan fingerprint density at radius 2 is 1.28 bits per heavy atom. The average Bonchev–Trinajstić information content (AvgIpc) is 3.16. The molecule has 1 heterocycles. The Morgan fingerprint density at radius 1 is 0.688 bits per heavy atom. The third-order valence-electron chi connectivity index (χ3n) is 6.15. The fraction of sp³-hybridized carbons (Fsp3) is 0.167. The van der Waals surface area contributed by atoms with Crippen LogP contribution in [0.2, 0.25) is 0 Å². The Hall–Kier alpha value is -2.84. The summed E-state index contributed by atoms with van der Waals surface area (Å²) in [6.07, 6.45) is 0. The molecule has 1 nitrogen and oxygen atoms in total.